The van der Waals surface area contributed by atoms with Gasteiger partial charge in [-0.3, -0.25) is 4.79 Å². The fraction of sp³-hybridized carbons (Fsp3) is 0.389. The van der Waals surface area contributed by atoms with Gasteiger partial charge in [-0.15, -0.1) is 11.3 Å². The number of rotatable bonds is 3. The Morgan fingerprint density at radius 1 is 1.17 bits per heavy atom. The lowest BCUT2D eigenvalue weighted by atomic mass is 9.98. The highest BCUT2D eigenvalue weighted by Crippen LogP contribution is 2.35. The van der Waals surface area contributed by atoms with Crippen molar-refractivity contribution in [3.8, 4) is 11.5 Å². The highest BCUT2D eigenvalue weighted by atomic mass is 32.1. The Balaban J connectivity index is 1.44. The lowest BCUT2D eigenvalue weighted by Crippen LogP contribution is -2.36. The number of amides is 1. The van der Waals surface area contributed by atoms with Gasteiger partial charge in [0.25, 0.3) is 0 Å². The van der Waals surface area contributed by atoms with E-state index in [9.17, 15) is 4.79 Å². The number of thiophene rings is 1. The molecule has 120 valence electrons. The van der Waals surface area contributed by atoms with E-state index in [1.165, 1.54) is 16.0 Å². The summed E-state index contributed by atoms with van der Waals surface area (Å²) in [7, 11) is 0. The monoisotopic (exact) mass is 329 g/mol. The van der Waals surface area contributed by atoms with Crippen LogP contribution in [0.1, 0.15) is 22.4 Å². The molecule has 1 aromatic carbocycles. The van der Waals surface area contributed by atoms with Gasteiger partial charge in [-0.05, 0) is 47.5 Å². The highest BCUT2D eigenvalue weighted by Gasteiger charge is 2.23. The number of hydrogen-bond acceptors (Lipinski definition) is 4. The molecule has 4 rings (SSSR count). The third-order valence-electron chi connectivity index (χ3n) is 4.39. The molecular formula is C18H19NO3S. The third-order valence-corrected chi connectivity index (χ3v) is 5.33. The van der Waals surface area contributed by atoms with Gasteiger partial charge in [0.1, 0.15) is 13.2 Å². The van der Waals surface area contributed by atoms with Crippen molar-refractivity contribution in [1.29, 1.82) is 0 Å². The number of hydrogen-bond donors (Lipinski definition) is 0. The quantitative estimate of drug-likeness (QED) is 0.869. The summed E-state index contributed by atoms with van der Waals surface area (Å²) >= 11 is 1.71. The minimum absolute atomic E-state index is 0.235. The van der Waals surface area contributed by atoms with Crippen LogP contribution in [0.5, 0.6) is 11.5 Å². The Hall–Kier alpha value is -2.01. The van der Waals surface area contributed by atoms with Crippen LogP contribution < -0.4 is 9.47 Å². The Morgan fingerprint density at radius 3 is 2.70 bits per heavy atom. The number of ether oxygens (including phenoxy) is 2. The maximum atomic E-state index is 12.5. The van der Waals surface area contributed by atoms with Crippen molar-refractivity contribution in [3.05, 3.63) is 45.6 Å². The number of aryl methyl sites for hydroxylation is 1. The molecule has 2 aliphatic heterocycles. The van der Waals surface area contributed by atoms with Crippen molar-refractivity contribution in [2.75, 3.05) is 19.8 Å². The summed E-state index contributed by atoms with van der Waals surface area (Å²) in [5.74, 6) is 1.88. The zero-order chi connectivity index (χ0) is 15.6. The van der Waals surface area contributed by atoms with E-state index in [2.05, 4.69) is 17.5 Å². The van der Waals surface area contributed by atoms with Crippen LogP contribution in [0.4, 0.5) is 0 Å². The average Bonchev–Trinajstić information content (AvgIpc) is 3.11. The second-order valence-corrected chi connectivity index (χ2v) is 6.94. The lowest BCUT2D eigenvalue weighted by molar-refractivity contribution is -0.132. The predicted molar refractivity (Wildman–Crippen MR) is 89.2 cm³/mol. The molecule has 0 spiro atoms. The van der Waals surface area contributed by atoms with Gasteiger partial charge in [-0.25, -0.2) is 0 Å². The van der Waals surface area contributed by atoms with Crippen LogP contribution in [0.3, 0.4) is 0 Å². The number of carbonyl (C=O) groups excluding carboxylic acids is 1. The highest BCUT2D eigenvalue weighted by molar-refractivity contribution is 7.09. The molecule has 0 saturated carbocycles. The van der Waals surface area contributed by atoms with Crippen LogP contribution in [-0.4, -0.2) is 30.6 Å². The van der Waals surface area contributed by atoms with E-state index in [-0.39, 0.29) is 5.91 Å². The second kappa shape index (κ2) is 6.24. The third kappa shape index (κ3) is 3.06. The molecule has 1 aromatic heterocycles. The topological polar surface area (TPSA) is 38.8 Å². The molecular weight excluding hydrogens is 310 g/mol. The van der Waals surface area contributed by atoms with Crippen LogP contribution >= 0.6 is 11.3 Å². The van der Waals surface area contributed by atoms with Gasteiger partial charge in [0.2, 0.25) is 5.91 Å². The zero-order valence-electron chi connectivity index (χ0n) is 12.9. The van der Waals surface area contributed by atoms with Gasteiger partial charge in [-0.2, -0.15) is 0 Å². The molecule has 0 unspecified atom stereocenters. The summed E-state index contributed by atoms with van der Waals surface area (Å²) in [5.41, 5.74) is 2.46. The normalized spacial score (nSPS) is 16.1. The minimum atomic E-state index is 0.235. The molecule has 0 atom stereocenters. The molecule has 2 aliphatic rings. The first-order chi connectivity index (χ1) is 11.3. The molecule has 3 heterocycles. The summed E-state index contributed by atoms with van der Waals surface area (Å²) < 4.78 is 11.3. The van der Waals surface area contributed by atoms with Crippen molar-refractivity contribution < 1.29 is 14.3 Å². The fourth-order valence-electron chi connectivity index (χ4n) is 3.15. The maximum absolute atomic E-state index is 12.5. The smallest absolute Gasteiger partial charge is 0.223 e. The number of nitrogens with zero attached hydrogens (tertiary/aromatic N) is 1. The van der Waals surface area contributed by atoms with E-state index in [0.29, 0.717) is 26.2 Å². The number of benzene rings is 1. The molecule has 5 heteroatoms. The van der Waals surface area contributed by atoms with E-state index in [1.807, 2.05) is 17.0 Å². The standard InChI is InChI=1S/C18H19NO3S/c20-18(4-3-15-2-1-9-23-15)19-6-5-13-10-16-17(11-14(13)12-19)22-8-7-21-16/h1-2,9-11H,3-8,12H2. The summed E-state index contributed by atoms with van der Waals surface area (Å²) in [6.07, 6.45) is 2.30. The molecule has 0 aliphatic carbocycles. The second-order valence-electron chi connectivity index (χ2n) is 5.91. The van der Waals surface area contributed by atoms with Gasteiger partial charge in [0, 0.05) is 24.4 Å². The van der Waals surface area contributed by atoms with Crippen molar-refractivity contribution in [3.63, 3.8) is 0 Å². The van der Waals surface area contributed by atoms with Crippen molar-refractivity contribution in [2.24, 2.45) is 0 Å². The van der Waals surface area contributed by atoms with Crippen molar-refractivity contribution in [2.45, 2.75) is 25.8 Å². The fourth-order valence-corrected chi connectivity index (χ4v) is 3.86. The van der Waals surface area contributed by atoms with Crippen LogP contribution in [0.2, 0.25) is 0 Å². The first-order valence-electron chi connectivity index (χ1n) is 8.01. The molecule has 0 fully saturated rings. The van der Waals surface area contributed by atoms with E-state index in [0.717, 1.165) is 30.9 Å². The Labute approximate surface area is 139 Å². The average molecular weight is 329 g/mol. The van der Waals surface area contributed by atoms with Crippen LogP contribution in [0, 0.1) is 0 Å². The minimum Gasteiger partial charge on any atom is -0.486 e. The molecule has 0 bridgehead atoms. The van der Waals surface area contributed by atoms with Gasteiger partial charge < -0.3 is 14.4 Å². The molecule has 23 heavy (non-hydrogen) atoms. The van der Waals surface area contributed by atoms with Crippen LogP contribution in [0.15, 0.2) is 29.6 Å². The first-order valence-corrected chi connectivity index (χ1v) is 8.89. The SMILES string of the molecule is O=C(CCc1cccs1)N1CCc2cc3c(cc2C1)OCCO3. The molecule has 4 nitrogen and oxygen atoms in total. The maximum Gasteiger partial charge on any atom is 0.223 e. The first kappa shape index (κ1) is 14.6. The summed E-state index contributed by atoms with van der Waals surface area (Å²) in [6, 6.07) is 8.25. The summed E-state index contributed by atoms with van der Waals surface area (Å²) in [5, 5.41) is 2.06. The molecule has 0 N–H and O–H groups in total. The number of carbonyl (C=O) groups is 1. The predicted octanol–water partition coefficient (Wildman–Crippen LogP) is 3.04. The molecule has 2 aromatic rings. The van der Waals surface area contributed by atoms with Gasteiger partial charge in [0.05, 0.1) is 0 Å². The van der Waals surface area contributed by atoms with Gasteiger partial charge in [-0.1, -0.05) is 6.07 Å². The Bertz CT molecular complexity index is 711. The van der Waals surface area contributed by atoms with Crippen molar-refractivity contribution in [1.82, 2.24) is 4.90 Å². The van der Waals surface area contributed by atoms with Gasteiger partial charge >= 0.3 is 0 Å². The molecule has 0 radical (unpaired) electrons. The van der Waals surface area contributed by atoms with E-state index < -0.39 is 0 Å². The van der Waals surface area contributed by atoms with E-state index in [4.69, 9.17) is 9.47 Å². The van der Waals surface area contributed by atoms with Crippen molar-refractivity contribution >= 4 is 17.2 Å². The Kier molecular flexibility index (Phi) is 3.95. The van der Waals surface area contributed by atoms with Crippen LogP contribution in [-0.2, 0) is 24.2 Å². The lowest BCUT2D eigenvalue weighted by Gasteiger charge is -2.30. The summed E-state index contributed by atoms with van der Waals surface area (Å²) in [6.45, 7) is 2.67. The van der Waals surface area contributed by atoms with E-state index in [1.54, 1.807) is 11.3 Å². The van der Waals surface area contributed by atoms with Gasteiger partial charge in [0.15, 0.2) is 11.5 Å². The molecule has 0 saturated heterocycles. The van der Waals surface area contributed by atoms with E-state index >= 15 is 0 Å². The Morgan fingerprint density at radius 2 is 1.96 bits per heavy atom. The largest absolute Gasteiger partial charge is 0.486 e. The summed E-state index contributed by atoms with van der Waals surface area (Å²) in [4.78, 5) is 15.7. The van der Waals surface area contributed by atoms with Crippen LogP contribution in [0.25, 0.3) is 0 Å². The number of fused-ring (bicyclic) bond motifs is 2. The molecule has 1 amide bonds. The zero-order valence-corrected chi connectivity index (χ0v) is 13.7.